The van der Waals surface area contributed by atoms with Gasteiger partial charge in [-0.3, -0.25) is 0 Å². The molecule has 2 heterocycles. The van der Waals surface area contributed by atoms with Crippen LogP contribution in [-0.4, -0.2) is 11.2 Å². The van der Waals surface area contributed by atoms with E-state index in [9.17, 15) is 0 Å². The topological polar surface area (TPSA) is 14.2 Å². The molecular weight excluding hydrogens is 350 g/mol. The Hall–Kier alpha value is -2.26. The summed E-state index contributed by atoms with van der Waals surface area (Å²) in [5.74, 6) is 0.963. The molecule has 0 aliphatic rings. The molecular formula is C24H27NOS. The number of thiophene rings is 1. The first-order valence-electron chi connectivity index (χ1n) is 10.1. The molecule has 4 aromatic rings. The first-order valence-corrected chi connectivity index (χ1v) is 11.0. The molecule has 0 spiro atoms. The minimum absolute atomic E-state index is 0.812. The Bertz CT molecular complexity index is 996. The fourth-order valence-corrected chi connectivity index (χ4v) is 4.63. The zero-order valence-electron chi connectivity index (χ0n) is 16.0. The van der Waals surface area contributed by atoms with Gasteiger partial charge in [-0.25, -0.2) is 0 Å². The van der Waals surface area contributed by atoms with Crippen LogP contribution in [0.2, 0.25) is 0 Å². The monoisotopic (exact) mass is 377 g/mol. The van der Waals surface area contributed by atoms with E-state index in [-0.39, 0.29) is 0 Å². The highest BCUT2D eigenvalue weighted by molar-refractivity contribution is 7.18. The van der Waals surface area contributed by atoms with Crippen molar-refractivity contribution in [3.8, 4) is 11.4 Å². The summed E-state index contributed by atoms with van der Waals surface area (Å²) in [6, 6.07) is 19.4. The molecule has 3 heteroatoms. The Balaban J connectivity index is 1.45. The van der Waals surface area contributed by atoms with E-state index in [0.29, 0.717) is 0 Å². The first-order chi connectivity index (χ1) is 13.4. The molecule has 0 aliphatic carbocycles. The maximum Gasteiger partial charge on any atom is 0.119 e. The van der Waals surface area contributed by atoms with E-state index in [4.69, 9.17) is 4.74 Å². The number of aromatic nitrogens is 1. The predicted octanol–water partition coefficient (Wildman–Crippen LogP) is 7.58. The van der Waals surface area contributed by atoms with E-state index in [1.54, 1.807) is 0 Å². The van der Waals surface area contributed by atoms with E-state index in [2.05, 4.69) is 71.5 Å². The fourth-order valence-electron chi connectivity index (χ4n) is 3.71. The molecule has 0 radical (unpaired) electrons. The van der Waals surface area contributed by atoms with Gasteiger partial charge >= 0.3 is 0 Å². The Kier molecular flexibility index (Phi) is 5.78. The van der Waals surface area contributed by atoms with Crippen LogP contribution < -0.4 is 4.74 Å². The van der Waals surface area contributed by atoms with Crippen LogP contribution in [0.5, 0.6) is 5.75 Å². The highest BCUT2D eigenvalue weighted by Crippen LogP contribution is 2.35. The lowest BCUT2D eigenvalue weighted by Gasteiger charge is -2.10. The van der Waals surface area contributed by atoms with Crippen molar-refractivity contribution in [3.63, 3.8) is 0 Å². The Labute approximate surface area is 165 Å². The summed E-state index contributed by atoms with van der Waals surface area (Å²) in [6.45, 7) is 3.07. The highest BCUT2D eigenvalue weighted by atomic mass is 32.1. The van der Waals surface area contributed by atoms with E-state index >= 15 is 0 Å². The van der Waals surface area contributed by atoms with E-state index in [0.717, 1.165) is 18.8 Å². The molecule has 0 saturated carbocycles. The molecule has 0 amide bonds. The van der Waals surface area contributed by atoms with Crippen LogP contribution in [0.15, 0.2) is 60.0 Å². The van der Waals surface area contributed by atoms with Gasteiger partial charge in [0.15, 0.2) is 0 Å². The molecule has 0 bridgehead atoms. The molecule has 2 aromatic heterocycles. The van der Waals surface area contributed by atoms with Crippen LogP contribution in [0.25, 0.3) is 26.8 Å². The zero-order valence-corrected chi connectivity index (χ0v) is 16.8. The zero-order chi connectivity index (χ0) is 18.5. The van der Waals surface area contributed by atoms with Gasteiger partial charge in [0.05, 0.1) is 22.3 Å². The maximum atomic E-state index is 5.94. The number of benzene rings is 2. The van der Waals surface area contributed by atoms with Crippen molar-refractivity contribution in [1.29, 1.82) is 0 Å². The average molecular weight is 378 g/mol. The fraction of sp³-hybridized carbons (Fsp3) is 0.333. The summed E-state index contributed by atoms with van der Waals surface area (Å²) in [5.41, 5.74) is 3.73. The second-order valence-corrected chi connectivity index (χ2v) is 8.01. The van der Waals surface area contributed by atoms with Crippen molar-refractivity contribution in [2.75, 3.05) is 6.61 Å². The Morgan fingerprint density at radius 1 is 0.815 bits per heavy atom. The van der Waals surface area contributed by atoms with Gasteiger partial charge in [0.2, 0.25) is 0 Å². The molecule has 2 aromatic carbocycles. The third-order valence-electron chi connectivity index (χ3n) is 5.14. The van der Waals surface area contributed by atoms with Crippen molar-refractivity contribution in [1.82, 2.24) is 4.57 Å². The molecule has 2 nitrogen and oxygen atoms in total. The Morgan fingerprint density at radius 3 is 2.44 bits per heavy atom. The predicted molar refractivity (Wildman–Crippen MR) is 118 cm³/mol. The summed E-state index contributed by atoms with van der Waals surface area (Å²) in [4.78, 5) is 0. The normalized spacial score (nSPS) is 11.4. The second kappa shape index (κ2) is 8.62. The third-order valence-corrected chi connectivity index (χ3v) is 6.07. The van der Waals surface area contributed by atoms with Crippen molar-refractivity contribution in [3.05, 3.63) is 60.0 Å². The van der Waals surface area contributed by atoms with E-state index < -0.39 is 0 Å². The minimum Gasteiger partial charge on any atom is -0.494 e. The molecule has 0 unspecified atom stereocenters. The smallest absolute Gasteiger partial charge is 0.119 e. The molecule has 0 N–H and O–H groups in total. The number of ether oxygens (including phenoxy) is 1. The third kappa shape index (κ3) is 3.89. The number of fused-ring (bicyclic) bond motifs is 3. The largest absolute Gasteiger partial charge is 0.494 e. The van der Waals surface area contributed by atoms with Crippen molar-refractivity contribution < 1.29 is 4.74 Å². The first kappa shape index (κ1) is 18.1. The van der Waals surface area contributed by atoms with Crippen LogP contribution in [0.1, 0.15) is 45.4 Å². The molecule has 27 heavy (non-hydrogen) atoms. The van der Waals surface area contributed by atoms with Gasteiger partial charge in [0.25, 0.3) is 0 Å². The van der Waals surface area contributed by atoms with E-state index in [1.165, 1.54) is 58.9 Å². The van der Waals surface area contributed by atoms with Gasteiger partial charge in [-0.05, 0) is 48.2 Å². The van der Waals surface area contributed by atoms with Gasteiger partial charge in [0, 0.05) is 11.1 Å². The number of unbranched alkanes of at least 4 members (excludes halogenated alkanes) is 5. The molecule has 140 valence electrons. The lowest BCUT2D eigenvalue weighted by molar-refractivity contribution is 0.304. The summed E-state index contributed by atoms with van der Waals surface area (Å²) in [7, 11) is 0. The van der Waals surface area contributed by atoms with Gasteiger partial charge in [0.1, 0.15) is 5.75 Å². The van der Waals surface area contributed by atoms with Crippen LogP contribution in [0.3, 0.4) is 0 Å². The lowest BCUT2D eigenvalue weighted by atomic mass is 10.1. The summed E-state index contributed by atoms with van der Waals surface area (Å²) in [5, 5.41) is 3.50. The van der Waals surface area contributed by atoms with E-state index in [1.807, 2.05) is 11.3 Å². The summed E-state index contributed by atoms with van der Waals surface area (Å²) >= 11 is 1.81. The number of hydrogen-bond acceptors (Lipinski definition) is 2. The molecule has 0 atom stereocenters. The van der Waals surface area contributed by atoms with Crippen LogP contribution in [-0.2, 0) is 0 Å². The van der Waals surface area contributed by atoms with Crippen LogP contribution >= 0.6 is 11.3 Å². The van der Waals surface area contributed by atoms with Gasteiger partial charge in [-0.15, -0.1) is 11.3 Å². The number of nitrogens with zero attached hydrogens (tertiary/aromatic N) is 1. The number of hydrogen-bond donors (Lipinski definition) is 0. The minimum atomic E-state index is 0.812. The van der Waals surface area contributed by atoms with Crippen molar-refractivity contribution in [2.24, 2.45) is 0 Å². The highest BCUT2D eigenvalue weighted by Gasteiger charge is 2.12. The van der Waals surface area contributed by atoms with Crippen LogP contribution in [0, 0.1) is 0 Å². The van der Waals surface area contributed by atoms with Crippen molar-refractivity contribution in [2.45, 2.75) is 45.4 Å². The number of para-hydroxylation sites is 1. The lowest BCUT2D eigenvalue weighted by Crippen LogP contribution is -1.98. The maximum absolute atomic E-state index is 5.94. The van der Waals surface area contributed by atoms with Crippen molar-refractivity contribution >= 4 is 32.5 Å². The summed E-state index contributed by atoms with van der Waals surface area (Å²) < 4.78 is 9.64. The van der Waals surface area contributed by atoms with Gasteiger partial charge < -0.3 is 9.30 Å². The molecule has 0 aliphatic heterocycles. The Morgan fingerprint density at radius 2 is 1.59 bits per heavy atom. The quantitative estimate of drug-likeness (QED) is 0.274. The SMILES string of the molecule is CCCCCCCCOc1ccc(-n2c3ccccc3c3sccc32)cc1. The number of rotatable bonds is 9. The average Bonchev–Trinajstić information content (AvgIpc) is 3.29. The molecule has 0 fully saturated rings. The molecule has 4 rings (SSSR count). The molecule has 0 saturated heterocycles. The second-order valence-electron chi connectivity index (χ2n) is 7.10. The van der Waals surface area contributed by atoms with Crippen LogP contribution in [0.4, 0.5) is 0 Å². The summed E-state index contributed by atoms with van der Waals surface area (Å²) in [6.07, 6.45) is 7.75. The standard InChI is InChI=1S/C24H27NOS/c1-2-3-4-5-6-9-17-26-20-14-12-19(13-15-20)25-22-11-8-7-10-21(22)24-23(25)16-18-27-24/h7-8,10-16,18H,2-6,9,17H2,1H3. The van der Waals surface area contributed by atoms with Gasteiger partial charge in [-0.2, -0.15) is 0 Å². The van der Waals surface area contributed by atoms with Gasteiger partial charge in [-0.1, -0.05) is 57.2 Å².